The molecular formula is C16H24N2S. The summed E-state index contributed by atoms with van der Waals surface area (Å²) in [4.78, 5) is 4.85. The topological polar surface area (TPSA) is 24.4 Å². The zero-order chi connectivity index (χ0) is 13.7. The van der Waals surface area contributed by atoms with Crippen LogP contribution in [0.2, 0.25) is 0 Å². The zero-order valence-corrected chi connectivity index (χ0v) is 13.0. The predicted molar refractivity (Wildman–Crippen MR) is 87.3 cm³/mol. The molecule has 1 aromatic rings. The van der Waals surface area contributed by atoms with Gasteiger partial charge in [0.15, 0.2) is 5.17 Å². The fourth-order valence-corrected chi connectivity index (χ4v) is 3.40. The van der Waals surface area contributed by atoms with Crippen molar-refractivity contribution >= 4 is 22.6 Å². The number of benzene rings is 1. The molecule has 0 bridgehead atoms. The molecule has 1 unspecified atom stereocenters. The van der Waals surface area contributed by atoms with Gasteiger partial charge in [0.2, 0.25) is 0 Å². The zero-order valence-electron chi connectivity index (χ0n) is 12.2. The third-order valence-electron chi connectivity index (χ3n) is 3.76. The first kappa shape index (κ1) is 14.4. The molecule has 0 aliphatic carbocycles. The van der Waals surface area contributed by atoms with E-state index < -0.39 is 0 Å². The Kier molecular flexibility index (Phi) is 4.92. The predicted octanol–water partition coefficient (Wildman–Crippen LogP) is 4.71. The first-order chi connectivity index (χ1) is 9.15. The van der Waals surface area contributed by atoms with E-state index in [9.17, 15) is 0 Å². The van der Waals surface area contributed by atoms with E-state index in [1.54, 1.807) is 0 Å². The summed E-state index contributed by atoms with van der Waals surface area (Å²) in [6, 6.07) is 8.73. The third-order valence-corrected chi connectivity index (χ3v) is 4.63. The molecule has 2 rings (SSSR count). The number of hydrogen-bond donors (Lipinski definition) is 1. The van der Waals surface area contributed by atoms with Gasteiger partial charge in [0.25, 0.3) is 0 Å². The Bertz CT molecular complexity index is 439. The number of hydrogen-bond acceptors (Lipinski definition) is 3. The maximum absolute atomic E-state index is 4.85. The molecule has 1 aliphatic rings. The third kappa shape index (κ3) is 4.00. The van der Waals surface area contributed by atoms with E-state index in [1.165, 1.54) is 18.4 Å². The first-order valence-electron chi connectivity index (χ1n) is 7.24. The Morgan fingerprint density at radius 2 is 2.00 bits per heavy atom. The number of anilines is 1. The van der Waals surface area contributed by atoms with Gasteiger partial charge in [0.05, 0.1) is 5.54 Å². The molecule has 1 heterocycles. The monoisotopic (exact) mass is 276 g/mol. The van der Waals surface area contributed by atoms with Crippen LogP contribution in [0.4, 0.5) is 5.69 Å². The van der Waals surface area contributed by atoms with Gasteiger partial charge in [-0.15, -0.1) is 0 Å². The average molecular weight is 276 g/mol. The lowest BCUT2D eigenvalue weighted by atomic mass is 9.97. The van der Waals surface area contributed by atoms with Crippen molar-refractivity contribution < 1.29 is 0 Å². The highest BCUT2D eigenvalue weighted by Crippen LogP contribution is 2.29. The average Bonchev–Trinajstić information content (AvgIpc) is 2.42. The molecular weight excluding hydrogens is 252 g/mol. The molecule has 1 atom stereocenters. The van der Waals surface area contributed by atoms with Crippen molar-refractivity contribution in [2.75, 3.05) is 11.1 Å². The van der Waals surface area contributed by atoms with Crippen LogP contribution in [0.1, 0.15) is 45.6 Å². The molecule has 0 spiro atoms. The van der Waals surface area contributed by atoms with Gasteiger partial charge < -0.3 is 5.32 Å². The van der Waals surface area contributed by atoms with Crippen molar-refractivity contribution in [1.29, 1.82) is 0 Å². The van der Waals surface area contributed by atoms with Crippen molar-refractivity contribution in [1.82, 2.24) is 0 Å². The Balaban J connectivity index is 2.04. The van der Waals surface area contributed by atoms with Crippen molar-refractivity contribution in [3.8, 4) is 0 Å². The van der Waals surface area contributed by atoms with Gasteiger partial charge in [-0.2, -0.15) is 0 Å². The van der Waals surface area contributed by atoms with E-state index in [4.69, 9.17) is 4.99 Å². The number of rotatable bonds is 4. The Morgan fingerprint density at radius 3 is 2.63 bits per heavy atom. The van der Waals surface area contributed by atoms with Gasteiger partial charge in [-0.05, 0) is 43.9 Å². The summed E-state index contributed by atoms with van der Waals surface area (Å²) in [5.74, 6) is 1.16. The standard InChI is InChI=1S/C16H24N2S/c1-4-6-13-7-9-14(10-8-13)17-15-18-16(3,5-2)11-12-19-15/h7-10H,4-6,11-12H2,1-3H3,(H,17,18). The van der Waals surface area contributed by atoms with Crippen molar-refractivity contribution in [3.05, 3.63) is 29.8 Å². The number of nitrogens with zero attached hydrogens (tertiary/aromatic N) is 1. The highest BCUT2D eigenvalue weighted by atomic mass is 32.2. The van der Waals surface area contributed by atoms with Crippen LogP contribution < -0.4 is 5.32 Å². The SMILES string of the molecule is CCCc1ccc(NC2=NC(C)(CC)CCS2)cc1. The molecule has 0 amide bonds. The highest BCUT2D eigenvalue weighted by molar-refractivity contribution is 8.14. The molecule has 1 N–H and O–H groups in total. The van der Waals surface area contributed by atoms with Gasteiger partial charge in [-0.3, -0.25) is 4.99 Å². The van der Waals surface area contributed by atoms with Gasteiger partial charge >= 0.3 is 0 Å². The Morgan fingerprint density at radius 1 is 1.26 bits per heavy atom. The largest absolute Gasteiger partial charge is 0.335 e. The Labute approximate surface area is 121 Å². The summed E-state index contributed by atoms with van der Waals surface area (Å²) in [6.07, 6.45) is 4.64. The van der Waals surface area contributed by atoms with Gasteiger partial charge in [-0.1, -0.05) is 44.2 Å². The molecule has 2 nitrogen and oxygen atoms in total. The van der Waals surface area contributed by atoms with Crippen molar-refractivity contribution in [2.45, 2.75) is 52.0 Å². The van der Waals surface area contributed by atoms with E-state index in [0.29, 0.717) is 0 Å². The smallest absolute Gasteiger partial charge is 0.161 e. The summed E-state index contributed by atoms with van der Waals surface area (Å²) in [6.45, 7) is 6.68. The first-order valence-corrected chi connectivity index (χ1v) is 8.22. The van der Waals surface area contributed by atoms with Crippen LogP contribution in [0.3, 0.4) is 0 Å². The summed E-state index contributed by atoms with van der Waals surface area (Å²) in [5, 5.41) is 4.52. The van der Waals surface area contributed by atoms with Gasteiger partial charge in [-0.25, -0.2) is 0 Å². The Hall–Kier alpha value is -0.960. The fraction of sp³-hybridized carbons (Fsp3) is 0.562. The normalized spacial score (nSPS) is 23.0. The van der Waals surface area contributed by atoms with E-state index in [0.717, 1.165) is 29.4 Å². The quantitative estimate of drug-likeness (QED) is 0.861. The second kappa shape index (κ2) is 6.47. The molecule has 0 saturated heterocycles. The molecule has 3 heteroatoms. The van der Waals surface area contributed by atoms with Crippen LogP contribution in [0.5, 0.6) is 0 Å². The molecule has 1 aromatic carbocycles. The van der Waals surface area contributed by atoms with Crippen LogP contribution >= 0.6 is 11.8 Å². The number of aryl methyl sites for hydroxylation is 1. The molecule has 104 valence electrons. The van der Waals surface area contributed by atoms with Crippen LogP contribution in [0.25, 0.3) is 0 Å². The minimum Gasteiger partial charge on any atom is -0.335 e. The van der Waals surface area contributed by atoms with E-state index in [-0.39, 0.29) is 5.54 Å². The van der Waals surface area contributed by atoms with Crippen LogP contribution in [0.15, 0.2) is 29.3 Å². The lowest BCUT2D eigenvalue weighted by Crippen LogP contribution is -2.29. The van der Waals surface area contributed by atoms with Crippen LogP contribution in [-0.4, -0.2) is 16.5 Å². The highest BCUT2D eigenvalue weighted by Gasteiger charge is 2.25. The van der Waals surface area contributed by atoms with E-state index in [1.807, 2.05) is 11.8 Å². The summed E-state index contributed by atoms with van der Waals surface area (Å²) >= 11 is 1.83. The molecule has 0 fully saturated rings. The van der Waals surface area contributed by atoms with Crippen LogP contribution in [0, 0.1) is 0 Å². The minimum atomic E-state index is 0.121. The number of nitrogens with one attached hydrogen (secondary N) is 1. The second-order valence-corrected chi connectivity index (χ2v) is 6.52. The van der Waals surface area contributed by atoms with Crippen LogP contribution in [-0.2, 0) is 6.42 Å². The lowest BCUT2D eigenvalue weighted by Gasteiger charge is -2.29. The van der Waals surface area contributed by atoms with E-state index >= 15 is 0 Å². The summed E-state index contributed by atoms with van der Waals surface area (Å²) in [5.41, 5.74) is 2.67. The lowest BCUT2D eigenvalue weighted by molar-refractivity contribution is 0.443. The number of aliphatic imine (C=N–C) groups is 1. The maximum Gasteiger partial charge on any atom is 0.161 e. The van der Waals surface area contributed by atoms with Crippen molar-refractivity contribution in [2.24, 2.45) is 4.99 Å². The summed E-state index contributed by atoms with van der Waals surface area (Å²) < 4.78 is 0. The molecule has 19 heavy (non-hydrogen) atoms. The molecule has 1 aliphatic heterocycles. The van der Waals surface area contributed by atoms with Gasteiger partial charge in [0.1, 0.15) is 0 Å². The fourth-order valence-electron chi connectivity index (χ4n) is 2.19. The molecule has 0 aromatic heterocycles. The number of thioether (sulfide) groups is 1. The number of amidine groups is 1. The summed E-state index contributed by atoms with van der Waals surface area (Å²) in [7, 11) is 0. The maximum atomic E-state index is 4.85. The van der Waals surface area contributed by atoms with Gasteiger partial charge in [0, 0.05) is 11.4 Å². The van der Waals surface area contributed by atoms with E-state index in [2.05, 4.69) is 50.4 Å². The minimum absolute atomic E-state index is 0.121. The molecule has 0 radical (unpaired) electrons. The molecule has 0 saturated carbocycles. The van der Waals surface area contributed by atoms with Crippen molar-refractivity contribution in [3.63, 3.8) is 0 Å². The second-order valence-electron chi connectivity index (χ2n) is 5.44.